The van der Waals surface area contributed by atoms with Gasteiger partial charge in [0.2, 0.25) is 17.6 Å². The number of carbonyl (C=O) groups excluding carboxylic acids is 1. The van der Waals surface area contributed by atoms with Crippen LogP contribution in [0.3, 0.4) is 0 Å². The van der Waals surface area contributed by atoms with Gasteiger partial charge in [0.25, 0.3) is 0 Å². The summed E-state index contributed by atoms with van der Waals surface area (Å²) >= 11 is 5.92. The summed E-state index contributed by atoms with van der Waals surface area (Å²) in [6.45, 7) is 1.56. The number of pyridine rings is 1. The highest BCUT2D eigenvalue weighted by Crippen LogP contribution is 2.35. The summed E-state index contributed by atoms with van der Waals surface area (Å²) in [4.78, 5) is 18.8. The molecule has 0 radical (unpaired) electrons. The second-order valence-corrected chi connectivity index (χ2v) is 5.68. The van der Waals surface area contributed by atoms with E-state index in [0.717, 1.165) is 12.1 Å². The van der Waals surface area contributed by atoms with Crippen LogP contribution in [0.5, 0.6) is 0 Å². The van der Waals surface area contributed by atoms with Crippen LogP contribution in [0, 0.1) is 18.6 Å². The van der Waals surface area contributed by atoms with E-state index in [0.29, 0.717) is 0 Å². The number of hydrogen-bond acceptors (Lipinski definition) is 5. The van der Waals surface area contributed by atoms with Crippen molar-refractivity contribution in [1.29, 1.82) is 0 Å². The molecular formula is C16H11ClF2N4O2. The molecule has 2 aromatic heterocycles. The monoisotopic (exact) mass is 364 g/mol. The summed E-state index contributed by atoms with van der Waals surface area (Å²) in [7, 11) is 0. The Balaban J connectivity index is 2.17. The first-order valence-corrected chi connectivity index (χ1v) is 7.45. The molecule has 0 bridgehead atoms. The molecule has 1 amide bonds. The van der Waals surface area contributed by atoms with E-state index in [9.17, 15) is 13.6 Å². The third kappa shape index (κ3) is 3.48. The summed E-state index contributed by atoms with van der Waals surface area (Å²) in [5, 5.41) is 3.81. The molecule has 0 unspecified atom stereocenters. The Kier molecular flexibility index (Phi) is 4.45. The molecule has 2 heterocycles. The van der Waals surface area contributed by atoms with Crippen molar-refractivity contribution < 1.29 is 18.1 Å². The lowest BCUT2D eigenvalue weighted by Crippen LogP contribution is -2.15. The van der Waals surface area contributed by atoms with Crippen molar-refractivity contribution in [3.63, 3.8) is 0 Å². The van der Waals surface area contributed by atoms with Gasteiger partial charge in [-0.25, -0.2) is 8.78 Å². The summed E-state index contributed by atoms with van der Waals surface area (Å²) in [6.07, 6.45) is 0.954. The van der Waals surface area contributed by atoms with E-state index in [-0.39, 0.29) is 45.5 Å². The largest absolute Gasteiger partial charge is 0.369 e. The first-order chi connectivity index (χ1) is 11.8. The van der Waals surface area contributed by atoms with Gasteiger partial charge in [0.15, 0.2) is 0 Å². The normalized spacial score (nSPS) is 10.9. The number of primary amides is 1. The van der Waals surface area contributed by atoms with Gasteiger partial charge in [0.1, 0.15) is 11.6 Å². The molecule has 128 valence electrons. The number of aromatic nitrogens is 3. The van der Waals surface area contributed by atoms with Crippen molar-refractivity contribution in [2.24, 2.45) is 5.73 Å². The minimum absolute atomic E-state index is 0.00304. The summed E-state index contributed by atoms with van der Waals surface area (Å²) < 4.78 is 33.5. The number of benzene rings is 1. The van der Waals surface area contributed by atoms with Gasteiger partial charge in [-0.3, -0.25) is 9.78 Å². The number of aryl methyl sites for hydroxylation is 1. The van der Waals surface area contributed by atoms with Crippen molar-refractivity contribution in [2.45, 2.75) is 13.3 Å². The molecule has 0 saturated carbocycles. The third-order valence-electron chi connectivity index (χ3n) is 3.38. The fraction of sp³-hybridized carbons (Fsp3) is 0.125. The number of nitrogens with zero attached hydrogens (tertiary/aromatic N) is 3. The third-order valence-corrected chi connectivity index (χ3v) is 3.59. The molecule has 25 heavy (non-hydrogen) atoms. The average molecular weight is 365 g/mol. The number of carbonyl (C=O) groups is 1. The lowest BCUT2D eigenvalue weighted by molar-refractivity contribution is -0.117. The van der Waals surface area contributed by atoms with Crippen molar-refractivity contribution in [3.05, 3.63) is 52.6 Å². The predicted octanol–water partition coefficient (Wildman–Crippen LogP) is 3.07. The molecule has 0 fully saturated rings. The van der Waals surface area contributed by atoms with Crippen molar-refractivity contribution >= 4 is 17.5 Å². The van der Waals surface area contributed by atoms with Gasteiger partial charge < -0.3 is 10.3 Å². The Labute approximate surface area is 145 Å². The molecule has 0 atom stereocenters. The van der Waals surface area contributed by atoms with E-state index in [1.807, 2.05) is 0 Å². The van der Waals surface area contributed by atoms with Gasteiger partial charge in [-0.15, -0.1) is 0 Å². The predicted molar refractivity (Wildman–Crippen MR) is 85.5 cm³/mol. The number of amides is 1. The smallest absolute Gasteiger partial charge is 0.223 e. The molecule has 0 aliphatic carbocycles. The van der Waals surface area contributed by atoms with E-state index in [2.05, 4.69) is 15.1 Å². The fourth-order valence-corrected chi connectivity index (χ4v) is 2.54. The minimum atomic E-state index is -0.744. The van der Waals surface area contributed by atoms with Crippen LogP contribution in [0.25, 0.3) is 22.5 Å². The molecule has 0 aliphatic heterocycles. The summed E-state index contributed by atoms with van der Waals surface area (Å²) in [5.41, 5.74) is 5.43. The topological polar surface area (TPSA) is 94.9 Å². The van der Waals surface area contributed by atoms with Gasteiger partial charge in [0, 0.05) is 23.7 Å². The van der Waals surface area contributed by atoms with Crippen LogP contribution in [0.15, 0.2) is 28.9 Å². The maximum Gasteiger partial charge on any atom is 0.223 e. The lowest BCUT2D eigenvalue weighted by Gasteiger charge is -2.10. The van der Waals surface area contributed by atoms with Crippen LogP contribution in [0.2, 0.25) is 5.02 Å². The van der Waals surface area contributed by atoms with Crippen LogP contribution in [-0.4, -0.2) is 21.0 Å². The maximum atomic E-state index is 14.5. The minimum Gasteiger partial charge on any atom is -0.369 e. The van der Waals surface area contributed by atoms with E-state index in [4.69, 9.17) is 21.9 Å². The molecule has 6 nitrogen and oxygen atoms in total. The highest BCUT2D eigenvalue weighted by Gasteiger charge is 2.20. The van der Waals surface area contributed by atoms with Crippen LogP contribution < -0.4 is 5.73 Å². The zero-order valence-electron chi connectivity index (χ0n) is 12.9. The quantitative estimate of drug-likeness (QED) is 0.767. The Morgan fingerprint density at radius 3 is 2.64 bits per heavy atom. The fourth-order valence-electron chi connectivity index (χ4n) is 2.34. The van der Waals surface area contributed by atoms with Crippen LogP contribution in [0.4, 0.5) is 8.78 Å². The molecular weight excluding hydrogens is 354 g/mol. The van der Waals surface area contributed by atoms with E-state index < -0.39 is 17.5 Å². The number of hydrogen-bond donors (Lipinski definition) is 1. The van der Waals surface area contributed by atoms with Crippen molar-refractivity contribution in [3.8, 4) is 22.5 Å². The van der Waals surface area contributed by atoms with Gasteiger partial charge in [-0.2, -0.15) is 4.98 Å². The van der Waals surface area contributed by atoms with Crippen LogP contribution >= 0.6 is 11.6 Å². The van der Waals surface area contributed by atoms with Crippen LogP contribution in [0.1, 0.15) is 11.6 Å². The Bertz CT molecular complexity index is 975. The molecule has 0 saturated heterocycles. The Hall–Kier alpha value is -2.87. The molecule has 0 aliphatic rings. The maximum absolute atomic E-state index is 14.5. The van der Waals surface area contributed by atoms with Crippen molar-refractivity contribution in [2.75, 3.05) is 0 Å². The van der Waals surface area contributed by atoms with Gasteiger partial charge >= 0.3 is 0 Å². The van der Waals surface area contributed by atoms with E-state index >= 15 is 0 Å². The second kappa shape index (κ2) is 6.56. The lowest BCUT2D eigenvalue weighted by atomic mass is 9.99. The van der Waals surface area contributed by atoms with Crippen LogP contribution in [-0.2, 0) is 11.2 Å². The molecule has 3 rings (SSSR count). The van der Waals surface area contributed by atoms with Gasteiger partial charge in [-0.1, -0.05) is 16.8 Å². The highest BCUT2D eigenvalue weighted by molar-refractivity contribution is 6.31. The molecule has 0 spiro atoms. The number of rotatable bonds is 4. The zero-order valence-corrected chi connectivity index (χ0v) is 13.6. The van der Waals surface area contributed by atoms with Crippen molar-refractivity contribution in [1.82, 2.24) is 15.1 Å². The Morgan fingerprint density at radius 2 is 2.04 bits per heavy atom. The number of nitrogens with two attached hydrogens (primary N) is 1. The van der Waals surface area contributed by atoms with E-state index in [1.54, 1.807) is 6.92 Å². The summed E-state index contributed by atoms with van der Waals surface area (Å²) in [6, 6.07) is 3.65. The second-order valence-electron chi connectivity index (χ2n) is 5.24. The molecule has 1 aromatic carbocycles. The standard InChI is InChI=1S/C16H11ClF2N4O2/c1-7-22-16(23-25-7)15-10(3-9(17)4-12(15)19)8-2-11(18)13(21-6-8)5-14(20)24/h2-4,6H,5H2,1H3,(H2,20,24). The average Bonchev–Trinajstić information content (AvgIpc) is 2.94. The van der Waals surface area contributed by atoms with Gasteiger partial charge in [0.05, 0.1) is 17.7 Å². The first kappa shape index (κ1) is 17.0. The SMILES string of the molecule is Cc1nc(-c2c(F)cc(Cl)cc2-c2cnc(CC(N)=O)c(F)c2)no1. The number of halogens is 3. The van der Waals surface area contributed by atoms with E-state index in [1.165, 1.54) is 12.3 Å². The van der Waals surface area contributed by atoms with Gasteiger partial charge in [-0.05, 0) is 23.8 Å². The Morgan fingerprint density at radius 1 is 1.28 bits per heavy atom. The first-order valence-electron chi connectivity index (χ1n) is 7.08. The summed E-state index contributed by atoms with van der Waals surface area (Å²) in [5.74, 6) is -1.90. The molecule has 9 heteroatoms. The highest BCUT2D eigenvalue weighted by atomic mass is 35.5. The molecule has 2 N–H and O–H groups in total. The molecule has 3 aromatic rings. The zero-order chi connectivity index (χ0) is 18.1.